The van der Waals surface area contributed by atoms with Crippen molar-refractivity contribution in [3.8, 4) is 0 Å². The minimum atomic E-state index is 0. The molecule has 0 aromatic heterocycles. The molecule has 1 rings (SSSR count). The summed E-state index contributed by atoms with van der Waals surface area (Å²) in [5.74, 6) is 0. The quantitative estimate of drug-likeness (QED) is 0.699. The third-order valence-electron chi connectivity index (χ3n) is 1.53. The summed E-state index contributed by atoms with van der Waals surface area (Å²) in [7, 11) is 0. The fourth-order valence-electron chi connectivity index (χ4n) is 0.891. The molecule has 0 aliphatic heterocycles. The summed E-state index contributed by atoms with van der Waals surface area (Å²) in [5, 5.41) is 0. The molecule has 1 aromatic rings. The molecule has 0 saturated heterocycles. The van der Waals surface area contributed by atoms with Crippen LogP contribution >= 0.6 is 0 Å². The van der Waals surface area contributed by atoms with E-state index < -0.39 is 0 Å². The maximum atomic E-state index is 3.82. The molecule has 0 aliphatic carbocycles. The molecule has 0 bridgehead atoms. The van der Waals surface area contributed by atoms with E-state index in [-0.39, 0.29) is 28.5 Å². The Bertz CT molecular complexity index is 194. The molecule has 0 heterocycles. The first-order valence-corrected chi connectivity index (χ1v) is 3.18. The average molecular weight is 318 g/mol. The van der Waals surface area contributed by atoms with Gasteiger partial charge in [-0.25, -0.2) is 0 Å². The van der Waals surface area contributed by atoms with Gasteiger partial charge in [-0.2, -0.15) is 6.42 Å². The molecule has 0 aliphatic rings. The first-order valence-electron chi connectivity index (χ1n) is 3.18. The molecule has 0 unspecified atom stereocenters. The standard InChI is InChI=1S/C9H11.CH3.W/c1-3-9-7-5-4-6-8(9)2;;/h4-7H,1,3H2,2H3;1H3;/q2*-1;+2. The van der Waals surface area contributed by atoms with E-state index in [0.717, 1.165) is 6.42 Å². The van der Waals surface area contributed by atoms with Gasteiger partial charge in [0.15, 0.2) is 0 Å². The van der Waals surface area contributed by atoms with Gasteiger partial charge in [0, 0.05) is 0 Å². The normalized spacial score (nSPS) is 7.82. The Kier molecular flexibility index (Phi) is 8.11. The second-order valence-corrected chi connectivity index (χ2v) is 2.18. The Balaban J connectivity index is 0. The third-order valence-corrected chi connectivity index (χ3v) is 1.53. The van der Waals surface area contributed by atoms with Gasteiger partial charge in [0.05, 0.1) is 0 Å². The zero-order chi connectivity index (χ0) is 6.69. The number of hydrogen-bond donors (Lipinski definition) is 0. The molecule has 60 valence electrons. The van der Waals surface area contributed by atoms with Crippen molar-refractivity contribution >= 4 is 0 Å². The monoisotopic (exact) mass is 318 g/mol. The molecule has 0 amide bonds. The molecule has 0 fully saturated rings. The molecule has 0 N–H and O–H groups in total. The predicted molar refractivity (Wildman–Crippen MR) is 46.7 cm³/mol. The number of rotatable bonds is 1. The smallest absolute Gasteiger partial charge is 0.358 e. The van der Waals surface area contributed by atoms with E-state index in [4.69, 9.17) is 0 Å². The fourth-order valence-corrected chi connectivity index (χ4v) is 0.891. The number of hydrogen-bond acceptors (Lipinski definition) is 0. The summed E-state index contributed by atoms with van der Waals surface area (Å²) in [6.45, 7) is 5.93. The van der Waals surface area contributed by atoms with Gasteiger partial charge in [0.2, 0.25) is 0 Å². The van der Waals surface area contributed by atoms with Crippen molar-refractivity contribution in [1.29, 1.82) is 0 Å². The predicted octanol–water partition coefficient (Wildman–Crippen LogP) is 2.82. The van der Waals surface area contributed by atoms with Crippen LogP contribution < -0.4 is 0 Å². The Morgan fingerprint density at radius 1 is 1.27 bits per heavy atom. The van der Waals surface area contributed by atoms with E-state index in [0.29, 0.717) is 0 Å². The molecule has 11 heavy (non-hydrogen) atoms. The maximum absolute atomic E-state index is 3.82. The van der Waals surface area contributed by atoms with Crippen molar-refractivity contribution in [2.24, 2.45) is 0 Å². The van der Waals surface area contributed by atoms with Crippen LogP contribution in [0.5, 0.6) is 0 Å². The second kappa shape index (κ2) is 6.61. The van der Waals surface area contributed by atoms with Gasteiger partial charge >= 0.3 is 21.1 Å². The second-order valence-electron chi connectivity index (χ2n) is 2.18. The Hall–Kier alpha value is -0.0917. The molecule has 1 aromatic carbocycles. The molecular formula is C10H14W. The average Bonchev–Trinajstić information content (AvgIpc) is 1.89. The van der Waals surface area contributed by atoms with Gasteiger partial charge in [-0.1, -0.05) is 35.4 Å². The van der Waals surface area contributed by atoms with Crippen LogP contribution in [-0.2, 0) is 27.5 Å². The van der Waals surface area contributed by atoms with Crippen molar-refractivity contribution in [2.75, 3.05) is 0 Å². The van der Waals surface area contributed by atoms with E-state index in [1.54, 1.807) is 0 Å². The van der Waals surface area contributed by atoms with Crippen LogP contribution in [0.25, 0.3) is 0 Å². The van der Waals surface area contributed by atoms with E-state index in [1.165, 1.54) is 11.1 Å². The van der Waals surface area contributed by atoms with Crippen molar-refractivity contribution in [1.82, 2.24) is 0 Å². The Morgan fingerprint density at radius 2 is 1.82 bits per heavy atom. The molecule has 0 spiro atoms. The molecule has 1 heteroatoms. The van der Waals surface area contributed by atoms with Gasteiger partial charge in [0.1, 0.15) is 0 Å². The zero-order valence-corrected chi connectivity index (χ0v) is 10.1. The van der Waals surface area contributed by atoms with E-state index in [1.807, 2.05) is 6.07 Å². The summed E-state index contributed by atoms with van der Waals surface area (Å²) < 4.78 is 0. The largest absolute Gasteiger partial charge is 2.00 e. The van der Waals surface area contributed by atoms with E-state index >= 15 is 0 Å². The molecular weight excluding hydrogens is 304 g/mol. The van der Waals surface area contributed by atoms with Gasteiger partial charge in [-0.15, -0.1) is 0 Å². The molecule has 0 nitrogen and oxygen atoms in total. The van der Waals surface area contributed by atoms with Gasteiger partial charge in [-0.3, -0.25) is 0 Å². The van der Waals surface area contributed by atoms with Gasteiger partial charge in [0.25, 0.3) is 0 Å². The van der Waals surface area contributed by atoms with Gasteiger partial charge < -0.3 is 14.4 Å². The van der Waals surface area contributed by atoms with Crippen LogP contribution in [0.15, 0.2) is 24.3 Å². The summed E-state index contributed by atoms with van der Waals surface area (Å²) in [6.07, 6.45) is 0.896. The Morgan fingerprint density at radius 3 is 2.18 bits per heavy atom. The molecule has 0 saturated carbocycles. The SMILES string of the molecule is [CH2-]Cc1ccccc1C.[CH3-].[W+2]. The van der Waals surface area contributed by atoms with E-state index in [9.17, 15) is 0 Å². The van der Waals surface area contributed by atoms with Crippen molar-refractivity contribution < 1.29 is 21.1 Å². The number of aryl methyl sites for hydroxylation is 1. The van der Waals surface area contributed by atoms with Crippen LogP contribution in [0.1, 0.15) is 11.1 Å². The third kappa shape index (κ3) is 3.72. The van der Waals surface area contributed by atoms with Crippen molar-refractivity contribution in [3.05, 3.63) is 49.7 Å². The van der Waals surface area contributed by atoms with Crippen molar-refractivity contribution in [2.45, 2.75) is 13.3 Å². The van der Waals surface area contributed by atoms with Crippen LogP contribution in [0.2, 0.25) is 0 Å². The van der Waals surface area contributed by atoms with Gasteiger partial charge in [-0.05, 0) is 6.92 Å². The summed E-state index contributed by atoms with van der Waals surface area (Å²) in [5.41, 5.74) is 2.69. The van der Waals surface area contributed by atoms with Crippen LogP contribution in [-0.4, -0.2) is 0 Å². The van der Waals surface area contributed by atoms with Crippen LogP contribution in [0, 0.1) is 21.3 Å². The molecule has 0 atom stereocenters. The van der Waals surface area contributed by atoms with Crippen LogP contribution in [0.4, 0.5) is 0 Å². The minimum Gasteiger partial charge on any atom is -0.358 e. The van der Waals surface area contributed by atoms with Crippen LogP contribution in [0.3, 0.4) is 0 Å². The summed E-state index contributed by atoms with van der Waals surface area (Å²) in [4.78, 5) is 0. The van der Waals surface area contributed by atoms with Crippen molar-refractivity contribution in [3.63, 3.8) is 0 Å². The fraction of sp³-hybridized carbons (Fsp3) is 0.200. The minimum absolute atomic E-state index is 0. The molecule has 0 radical (unpaired) electrons. The van der Waals surface area contributed by atoms with E-state index in [2.05, 4.69) is 32.0 Å². The number of benzene rings is 1. The summed E-state index contributed by atoms with van der Waals surface area (Å²) in [6, 6.07) is 8.32. The first-order chi connectivity index (χ1) is 4.34. The maximum Gasteiger partial charge on any atom is 2.00 e. The first kappa shape index (κ1) is 13.5. The zero-order valence-electron chi connectivity index (χ0n) is 7.13. The Labute approximate surface area is 84.3 Å². The topological polar surface area (TPSA) is 0 Å². The summed E-state index contributed by atoms with van der Waals surface area (Å²) >= 11 is 0.